The van der Waals surface area contributed by atoms with Crippen LogP contribution in [-0.4, -0.2) is 30.0 Å². The van der Waals surface area contributed by atoms with Gasteiger partial charge >= 0.3 is 0 Å². The molecule has 1 aliphatic rings. The van der Waals surface area contributed by atoms with Crippen molar-refractivity contribution >= 4 is 11.7 Å². The number of ether oxygens (including phenoxy) is 1. The second-order valence-corrected chi connectivity index (χ2v) is 4.67. The monoisotopic (exact) mass is 226 g/mol. The van der Waals surface area contributed by atoms with Crippen LogP contribution in [0.5, 0.6) is 0 Å². The normalized spacial score (nSPS) is 24.2. The standard InChI is InChI=1S/C12H22N2O2/c1-6-12(5,16-7-2)11-13-9(8(3)4)10(15)14-11/h8-9H,6-7H2,1-5H3,(H,13,14,15). The predicted molar refractivity (Wildman–Crippen MR) is 64.5 cm³/mol. The summed E-state index contributed by atoms with van der Waals surface area (Å²) in [5.41, 5.74) is -0.464. The van der Waals surface area contributed by atoms with Crippen molar-refractivity contribution in [2.75, 3.05) is 6.61 Å². The Kier molecular flexibility index (Phi) is 4.08. The number of amides is 1. The molecule has 16 heavy (non-hydrogen) atoms. The molecule has 0 saturated heterocycles. The Hall–Kier alpha value is -0.900. The van der Waals surface area contributed by atoms with Gasteiger partial charge in [-0.25, -0.2) is 0 Å². The zero-order valence-corrected chi connectivity index (χ0v) is 10.8. The van der Waals surface area contributed by atoms with Gasteiger partial charge in [0.15, 0.2) is 0 Å². The Morgan fingerprint density at radius 2 is 2.12 bits per heavy atom. The molecule has 1 heterocycles. The largest absolute Gasteiger partial charge is 0.368 e. The molecular weight excluding hydrogens is 204 g/mol. The first-order valence-electron chi connectivity index (χ1n) is 5.97. The molecule has 92 valence electrons. The van der Waals surface area contributed by atoms with Crippen molar-refractivity contribution in [2.24, 2.45) is 10.9 Å². The van der Waals surface area contributed by atoms with Crippen molar-refractivity contribution in [3.05, 3.63) is 0 Å². The summed E-state index contributed by atoms with van der Waals surface area (Å²) in [4.78, 5) is 16.2. The maximum absolute atomic E-state index is 11.7. The SMILES string of the molecule is CCOC(C)(CC)C1=NC(C(C)C)C(=O)N1. The number of hydrogen-bond acceptors (Lipinski definition) is 3. The van der Waals surface area contributed by atoms with Crippen LogP contribution in [0.2, 0.25) is 0 Å². The van der Waals surface area contributed by atoms with Gasteiger partial charge in [0, 0.05) is 6.61 Å². The van der Waals surface area contributed by atoms with Crippen molar-refractivity contribution in [1.82, 2.24) is 5.32 Å². The van der Waals surface area contributed by atoms with E-state index in [0.717, 1.165) is 6.42 Å². The predicted octanol–water partition coefficient (Wildman–Crippen LogP) is 1.74. The lowest BCUT2D eigenvalue weighted by molar-refractivity contribution is -0.121. The summed E-state index contributed by atoms with van der Waals surface area (Å²) in [7, 11) is 0. The average Bonchev–Trinajstić information content (AvgIpc) is 2.61. The molecule has 0 fully saturated rings. The number of nitrogens with one attached hydrogen (secondary N) is 1. The summed E-state index contributed by atoms with van der Waals surface area (Å²) in [5, 5.41) is 2.85. The van der Waals surface area contributed by atoms with Crippen molar-refractivity contribution < 1.29 is 9.53 Å². The van der Waals surface area contributed by atoms with Gasteiger partial charge in [-0.1, -0.05) is 20.8 Å². The summed E-state index contributed by atoms with van der Waals surface area (Å²) in [6.45, 7) is 10.6. The summed E-state index contributed by atoms with van der Waals surface area (Å²) in [5.74, 6) is 0.894. The molecule has 1 N–H and O–H groups in total. The summed E-state index contributed by atoms with van der Waals surface area (Å²) in [6.07, 6.45) is 0.796. The Labute approximate surface area is 97.5 Å². The highest BCUT2D eigenvalue weighted by atomic mass is 16.5. The Morgan fingerprint density at radius 3 is 2.50 bits per heavy atom. The number of amidine groups is 1. The van der Waals surface area contributed by atoms with Crippen LogP contribution in [0.15, 0.2) is 4.99 Å². The molecule has 1 aliphatic heterocycles. The van der Waals surface area contributed by atoms with Gasteiger partial charge in [-0.05, 0) is 26.2 Å². The van der Waals surface area contributed by atoms with Gasteiger partial charge < -0.3 is 10.1 Å². The van der Waals surface area contributed by atoms with Gasteiger partial charge in [-0.3, -0.25) is 9.79 Å². The summed E-state index contributed by atoms with van der Waals surface area (Å²) >= 11 is 0. The van der Waals surface area contributed by atoms with E-state index in [-0.39, 0.29) is 17.9 Å². The maximum Gasteiger partial charge on any atom is 0.250 e. The van der Waals surface area contributed by atoms with Crippen LogP contribution in [0, 0.1) is 5.92 Å². The second kappa shape index (κ2) is 4.95. The lowest BCUT2D eigenvalue weighted by Crippen LogP contribution is -2.45. The lowest BCUT2D eigenvalue weighted by Gasteiger charge is -2.27. The number of carbonyl (C=O) groups is 1. The molecule has 0 aromatic rings. The van der Waals surface area contributed by atoms with Gasteiger partial charge in [-0.2, -0.15) is 0 Å². The number of aliphatic imine (C=N–C) groups is 1. The van der Waals surface area contributed by atoms with Gasteiger partial charge in [0.25, 0.3) is 0 Å². The molecule has 4 heteroatoms. The zero-order valence-electron chi connectivity index (χ0n) is 10.8. The molecule has 0 saturated carbocycles. The van der Waals surface area contributed by atoms with Crippen molar-refractivity contribution in [2.45, 2.75) is 52.7 Å². The van der Waals surface area contributed by atoms with Gasteiger partial charge in [0.05, 0.1) is 0 Å². The molecule has 2 atom stereocenters. The molecule has 0 aromatic heterocycles. The van der Waals surface area contributed by atoms with Gasteiger partial charge in [0.1, 0.15) is 17.5 Å². The maximum atomic E-state index is 11.7. The smallest absolute Gasteiger partial charge is 0.250 e. The molecule has 4 nitrogen and oxygen atoms in total. The number of carbonyl (C=O) groups excluding carboxylic acids is 1. The molecular formula is C12H22N2O2. The first-order chi connectivity index (χ1) is 7.44. The second-order valence-electron chi connectivity index (χ2n) is 4.67. The quantitative estimate of drug-likeness (QED) is 0.776. The first-order valence-corrected chi connectivity index (χ1v) is 5.97. The molecule has 1 rings (SSSR count). The number of hydrogen-bond donors (Lipinski definition) is 1. The van der Waals surface area contributed by atoms with E-state index >= 15 is 0 Å². The van der Waals surface area contributed by atoms with Crippen LogP contribution in [0.25, 0.3) is 0 Å². The molecule has 0 bridgehead atoms. The molecule has 1 amide bonds. The molecule has 2 unspecified atom stereocenters. The number of rotatable bonds is 5. The minimum absolute atomic E-state index is 0.00984. The third-order valence-electron chi connectivity index (χ3n) is 3.05. The van der Waals surface area contributed by atoms with Crippen molar-refractivity contribution in [1.29, 1.82) is 0 Å². The topological polar surface area (TPSA) is 50.7 Å². The number of nitrogens with zero attached hydrogens (tertiary/aromatic N) is 1. The summed E-state index contributed by atoms with van der Waals surface area (Å²) in [6, 6.07) is -0.263. The highest BCUT2D eigenvalue weighted by Gasteiger charge is 2.38. The average molecular weight is 226 g/mol. The van der Waals surface area contributed by atoms with Crippen LogP contribution in [-0.2, 0) is 9.53 Å². The third-order valence-corrected chi connectivity index (χ3v) is 3.05. The van der Waals surface area contributed by atoms with E-state index in [1.807, 2.05) is 34.6 Å². The fourth-order valence-electron chi connectivity index (χ4n) is 1.80. The molecule has 0 radical (unpaired) electrons. The highest BCUT2D eigenvalue weighted by Crippen LogP contribution is 2.22. The minimum atomic E-state index is -0.464. The lowest BCUT2D eigenvalue weighted by atomic mass is 10.0. The Balaban J connectivity index is 2.89. The van der Waals surface area contributed by atoms with E-state index < -0.39 is 5.60 Å². The van der Waals surface area contributed by atoms with Crippen LogP contribution >= 0.6 is 0 Å². The third kappa shape index (κ3) is 2.43. The highest BCUT2D eigenvalue weighted by molar-refractivity contribution is 6.09. The minimum Gasteiger partial charge on any atom is -0.368 e. The van der Waals surface area contributed by atoms with Crippen molar-refractivity contribution in [3.63, 3.8) is 0 Å². The van der Waals surface area contributed by atoms with Crippen LogP contribution in [0.3, 0.4) is 0 Å². The molecule has 0 spiro atoms. The van der Waals surface area contributed by atoms with E-state index in [1.54, 1.807) is 0 Å². The van der Waals surface area contributed by atoms with E-state index in [2.05, 4.69) is 10.3 Å². The fraction of sp³-hybridized carbons (Fsp3) is 0.833. The molecule has 0 aromatic carbocycles. The fourth-order valence-corrected chi connectivity index (χ4v) is 1.80. The van der Waals surface area contributed by atoms with E-state index in [4.69, 9.17) is 4.74 Å². The van der Waals surface area contributed by atoms with Gasteiger partial charge in [0.2, 0.25) is 5.91 Å². The van der Waals surface area contributed by atoms with Crippen LogP contribution in [0.1, 0.15) is 41.0 Å². The first kappa shape index (κ1) is 13.2. The van der Waals surface area contributed by atoms with E-state index in [1.165, 1.54) is 0 Å². The van der Waals surface area contributed by atoms with E-state index in [0.29, 0.717) is 12.4 Å². The Morgan fingerprint density at radius 1 is 1.50 bits per heavy atom. The van der Waals surface area contributed by atoms with Crippen LogP contribution < -0.4 is 5.32 Å². The summed E-state index contributed by atoms with van der Waals surface area (Å²) < 4.78 is 5.69. The van der Waals surface area contributed by atoms with E-state index in [9.17, 15) is 4.79 Å². The zero-order chi connectivity index (χ0) is 12.3. The van der Waals surface area contributed by atoms with Crippen molar-refractivity contribution in [3.8, 4) is 0 Å². The Bertz CT molecular complexity index is 299. The van der Waals surface area contributed by atoms with Gasteiger partial charge in [-0.15, -0.1) is 0 Å². The molecule has 0 aliphatic carbocycles. The van der Waals surface area contributed by atoms with Crippen LogP contribution in [0.4, 0.5) is 0 Å².